The maximum Gasteiger partial charge on any atom is 0.0934 e. The molecule has 1 aliphatic rings. The van der Waals surface area contributed by atoms with Crippen molar-refractivity contribution in [1.29, 1.82) is 0 Å². The third kappa shape index (κ3) is 1.94. The Morgan fingerprint density at radius 3 is 2.50 bits per heavy atom. The summed E-state index contributed by atoms with van der Waals surface area (Å²) in [6.07, 6.45) is 4.97. The summed E-state index contributed by atoms with van der Waals surface area (Å²) in [4.78, 5) is 0. The first-order valence-corrected chi connectivity index (χ1v) is 4.12. The highest BCUT2D eigenvalue weighted by molar-refractivity contribution is 4.73. The van der Waals surface area contributed by atoms with Crippen LogP contribution in [0, 0.1) is 11.8 Å². The van der Waals surface area contributed by atoms with Gasteiger partial charge >= 0.3 is 0 Å². The van der Waals surface area contributed by atoms with E-state index < -0.39 is 0 Å². The van der Waals surface area contributed by atoms with E-state index in [0.29, 0.717) is 6.54 Å². The SMILES string of the molecule is NCC(CF)CC1CCC1. The average molecular weight is 145 g/mol. The van der Waals surface area contributed by atoms with Crippen LogP contribution in [0.4, 0.5) is 4.39 Å². The van der Waals surface area contributed by atoms with Crippen molar-refractivity contribution in [3.63, 3.8) is 0 Å². The number of nitrogens with two attached hydrogens (primary N) is 1. The van der Waals surface area contributed by atoms with Gasteiger partial charge in [0, 0.05) is 0 Å². The summed E-state index contributed by atoms with van der Waals surface area (Å²) in [6.45, 7) is 0.292. The lowest BCUT2D eigenvalue weighted by Crippen LogP contribution is -2.23. The third-order valence-corrected chi connectivity index (χ3v) is 2.44. The lowest BCUT2D eigenvalue weighted by Gasteiger charge is -2.27. The second-order valence-electron chi connectivity index (χ2n) is 3.29. The monoisotopic (exact) mass is 145 g/mol. The molecule has 60 valence electrons. The van der Waals surface area contributed by atoms with Crippen molar-refractivity contribution < 1.29 is 4.39 Å². The van der Waals surface area contributed by atoms with Gasteiger partial charge in [0.1, 0.15) is 0 Å². The van der Waals surface area contributed by atoms with Gasteiger partial charge in [-0.15, -0.1) is 0 Å². The van der Waals surface area contributed by atoms with E-state index >= 15 is 0 Å². The molecule has 2 N–H and O–H groups in total. The average Bonchev–Trinajstić information content (AvgIpc) is 1.87. The van der Waals surface area contributed by atoms with Crippen LogP contribution in [-0.4, -0.2) is 13.2 Å². The number of hydrogen-bond donors (Lipinski definition) is 1. The zero-order valence-electron chi connectivity index (χ0n) is 6.35. The fourth-order valence-corrected chi connectivity index (χ4v) is 1.42. The summed E-state index contributed by atoms with van der Waals surface area (Å²) in [5.41, 5.74) is 5.37. The lowest BCUT2D eigenvalue weighted by atomic mass is 9.79. The Labute approximate surface area is 61.8 Å². The molecule has 1 saturated carbocycles. The molecule has 1 fully saturated rings. The van der Waals surface area contributed by atoms with Gasteiger partial charge in [-0.2, -0.15) is 0 Å². The van der Waals surface area contributed by atoms with Crippen molar-refractivity contribution in [2.45, 2.75) is 25.7 Å². The van der Waals surface area contributed by atoms with Crippen LogP contribution < -0.4 is 5.73 Å². The molecule has 0 amide bonds. The van der Waals surface area contributed by atoms with Crippen molar-refractivity contribution in [3.05, 3.63) is 0 Å². The summed E-state index contributed by atoms with van der Waals surface area (Å²) in [7, 11) is 0. The highest BCUT2D eigenvalue weighted by Gasteiger charge is 2.20. The standard InChI is InChI=1S/C8H16FN/c9-5-8(6-10)4-7-2-1-3-7/h7-8H,1-6,10H2. The largest absolute Gasteiger partial charge is 0.330 e. The second-order valence-corrected chi connectivity index (χ2v) is 3.29. The van der Waals surface area contributed by atoms with Crippen LogP contribution in [0.3, 0.4) is 0 Å². The van der Waals surface area contributed by atoms with Gasteiger partial charge in [-0.1, -0.05) is 19.3 Å². The van der Waals surface area contributed by atoms with Crippen LogP contribution in [0.15, 0.2) is 0 Å². The maximum atomic E-state index is 12.1. The molecule has 0 bridgehead atoms. The number of halogens is 1. The number of hydrogen-bond acceptors (Lipinski definition) is 1. The normalized spacial score (nSPS) is 22.2. The van der Waals surface area contributed by atoms with Crippen molar-refractivity contribution in [1.82, 2.24) is 0 Å². The van der Waals surface area contributed by atoms with E-state index in [1.54, 1.807) is 0 Å². The Bertz CT molecular complexity index is 87.3. The molecule has 0 aromatic carbocycles. The zero-order valence-corrected chi connectivity index (χ0v) is 6.35. The summed E-state index contributed by atoms with van der Waals surface area (Å²) in [5.74, 6) is 0.939. The van der Waals surface area contributed by atoms with Gasteiger partial charge in [0.25, 0.3) is 0 Å². The maximum absolute atomic E-state index is 12.1. The quantitative estimate of drug-likeness (QED) is 0.640. The number of alkyl halides is 1. The molecule has 0 aromatic heterocycles. The number of rotatable bonds is 4. The Morgan fingerprint density at radius 1 is 1.50 bits per heavy atom. The highest BCUT2D eigenvalue weighted by Crippen LogP contribution is 2.31. The van der Waals surface area contributed by atoms with Crippen LogP contribution in [-0.2, 0) is 0 Å². The predicted octanol–water partition coefficient (Wildman–Crippen LogP) is 1.72. The summed E-state index contributed by atoms with van der Waals surface area (Å²) >= 11 is 0. The molecular formula is C8H16FN. The Kier molecular flexibility index (Phi) is 3.13. The molecule has 1 nitrogen and oxygen atoms in total. The van der Waals surface area contributed by atoms with Crippen LogP contribution >= 0.6 is 0 Å². The van der Waals surface area contributed by atoms with Crippen molar-refractivity contribution in [2.75, 3.05) is 13.2 Å². The molecule has 0 aromatic rings. The topological polar surface area (TPSA) is 26.0 Å². The molecular weight excluding hydrogens is 129 g/mol. The van der Waals surface area contributed by atoms with Gasteiger partial charge < -0.3 is 5.73 Å². The van der Waals surface area contributed by atoms with Crippen molar-refractivity contribution >= 4 is 0 Å². The fraction of sp³-hybridized carbons (Fsp3) is 1.00. The van der Waals surface area contributed by atoms with Gasteiger partial charge in [0.15, 0.2) is 0 Å². The first kappa shape index (κ1) is 7.99. The minimum absolute atomic E-state index is 0.144. The van der Waals surface area contributed by atoms with E-state index in [1.807, 2.05) is 0 Å². The molecule has 2 heteroatoms. The molecule has 1 rings (SSSR count). The van der Waals surface area contributed by atoms with Gasteiger partial charge in [-0.05, 0) is 24.8 Å². The van der Waals surface area contributed by atoms with Crippen LogP contribution in [0.25, 0.3) is 0 Å². The Balaban J connectivity index is 2.08. The van der Waals surface area contributed by atoms with Crippen LogP contribution in [0.1, 0.15) is 25.7 Å². The molecule has 0 radical (unpaired) electrons. The first-order chi connectivity index (χ1) is 4.86. The Hall–Kier alpha value is -0.110. The Morgan fingerprint density at radius 2 is 2.20 bits per heavy atom. The predicted molar refractivity (Wildman–Crippen MR) is 40.5 cm³/mol. The fourth-order valence-electron chi connectivity index (χ4n) is 1.42. The minimum Gasteiger partial charge on any atom is -0.330 e. The lowest BCUT2D eigenvalue weighted by molar-refractivity contribution is 0.226. The zero-order chi connectivity index (χ0) is 7.40. The second kappa shape index (κ2) is 3.91. The molecule has 0 heterocycles. The third-order valence-electron chi connectivity index (χ3n) is 2.44. The molecule has 10 heavy (non-hydrogen) atoms. The molecule has 1 atom stereocenters. The molecule has 0 aliphatic heterocycles. The summed E-state index contributed by atoms with van der Waals surface area (Å²) in [6, 6.07) is 0. The van der Waals surface area contributed by atoms with E-state index in [1.165, 1.54) is 19.3 Å². The van der Waals surface area contributed by atoms with Crippen LogP contribution in [0.2, 0.25) is 0 Å². The van der Waals surface area contributed by atoms with Crippen molar-refractivity contribution in [3.8, 4) is 0 Å². The van der Waals surface area contributed by atoms with Crippen molar-refractivity contribution in [2.24, 2.45) is 17.6 Å². The van der Waals surface area contributed by atoms with Gasteiger partial charge in [-0.25, -0.2) is 0 Å². The summed E-state index contributed by atoms with van der Waals surface area (Å²) in [5, 5.41) is 0. The van der Waals surface area contributed by atoms with E-state index in [0.717, 1.165) is 12.3 Å². The van der Waals surface area contributed by atoms with E-state index in [-0.39, 0.29) is 12.6 Å². The van der Waals surface area contributed by atoms with Gasteiger partial charge in [-0.3, -0.25) is 4.39 Å². The van der Waals surface area contributed by atoms with Crippen LogP contribution in [0.5, 0.6) is 0 Å². The molecule has 1 aliphatic carbocycles. The molecule has 0 spiro atoms. The molecule has 1 unspecified atom stereocenters. The molecule has 0 saturated heterocycles. The summed E-state index contributed by atoms with van der Waals surface area (Å²) < 4.78 is 12.1. The smallest absolute Gasteiger partial charge is 0.0934 e. The van der Waals surface area contributed by atoms with E-state index in [4.69, 9.17) is 5.73 Å². The van der Waals surface area contributed by atoms with Gasteiger partial charge in [0.05, 0.1) is 6.67 Å². The minimum atomic E-state index is -0.229. The van der Waals surface area contributed by atoms with E-state index in [9.17, 15) is 4.39 Å². The van der Waals surface area contributed by atoms with Gasteiger partial charge in [0.2, 0.25) is 0 Å². The first-order valence-electron chi connectivity index (χ1n) is 4.12. The van der Waals surface area contributed by atoms with E-state index in [2.05, 4.69) is 0 Å². The highest BCUT2D eigenvalue weighted by atomic mass is 19.1.